The summed E-state index contributed by atoms with van der Waals surface area (Å²) in [6.07, 6.45) is 0. The van der Waals surface area contributed by atoms with Crippen LogP contribution in [0.3, 0.4) is 0 Å². The zero-order valence-electron chi connectivity index (χ0n) is 15.0. The Kier molecular flexibility index (Phi) is 6.62. The number of benzene rings is 1. The third kappa shape index (κ3) is 5.10. The molecule has 1 amide bonds. The molecule has 7 nitrogen and oxygen atoms in total. The highest BCUT2D eigenvalue weighted by Crippen LogP contribution is 2.27. The van der Waals surface area contributed by atoms with Crippen molar-refractivity contribution >= 4 is 15.9 Å². The number of hydrogen-bond acceptors (Lipinski definition) is 5. The molecule has 1 rings (SSSR count). The van der Waals surface area contributed by atoms with Crippen LogP contribution in [-0.4, -0.2) is 52.1 Å². The standard InChI is InChI=1S/C16H26N2O5S/c1-12(19)18(16(2,3)4)10-9-17-24(20,21)15-11-13(22-5)7-8-14(15)23-6/h7-8,11,17H,9-10H2,1-6H3. The first-order valence-electron chi connectivity index (χ1n) is 7.53. The fraction of sp³-hybridized carbons (Fsp3) is 0.562. The van der Waals surface area contributed by atoms with E-state index in [4.69, 9.17) is 9.47 Å². The van der Waals surface area contributed by atoms with Crippen molar-refractivity contribution in [2.45, 2.75) is 38.1 Å². The molecule has 1 aromatic rings. The van der Waals surface area contributed by atoms with Gasteiger partial charge in [-0.3, -0.25) is 4.79 Å². The smallest absolute Gasteiger partial charge is 0.244 e. The summed E-state index contributed by atoms with van der Waals surface area (Å²) >= 11 is 0. The highest BCUT2D eigenvalue weighted by Gasteiger charge is 2.25. The van der Waals surface area contributed by atoms with Gasteiger partial charge in [-0.05, 0) is 32.9 Å². The molecule has 0 bridgehead atoms. The Hall–Kier alpha value is -1.80. The van der Waals surface area contributed by atoms with Crippen molar-refractivity contribution in [1.29, 1.82) is 0 Å². The van der Waals surface area contributed by atoms with Gasteiger partial charge in [-0.1, -0.05) is 0 Å². The largest absolute Gasteiger partial charge is 0.497 e. The van der Waals surface area contributed by atoms with E-state index < -0.39 is 10.0 Å². The van der Waals surface area contributed by atoms with Gasteiger partial charge in [-0.25, -0.2) is 13.1 Å². The molecular weight excluding hydrogens is 332 g/mol. The summed E-state index contributed by atoms with van der Waals surface area (Å²) in [5.74, 6) is 0.527. The van der Waals surface area contributed by atoms with Crippen LogP contribution in [0.15, 0.2) is 23.1 Å². The molecule has 8 heteroatoms. The molecule has 0 unspecified atom stereocenters. The van der Waals surface area contributed by atoms with E-state index >= 15 is 0 Å². The van der Waals surface area contributed by atoms with E-state index in [0.29, 0.717) is 5.75 Å². The quantitative estimate of drug-likeness (QED) is 0.801. The van der Waals surface area contributed by atoms with Crippen molar-refractivity contribution in [2.24, 2.45) is 0 Å². The fourth-order valence-electron chi connectivity index (χ4n) is 2.33. The van der Waals surface area contributed by atoms with E-state index in [1.165, 1.54) is 33.3 Å². The minimum Gasteiger partial charge on any atom is -0.497 e. The lowest BCUT2D eigenvalue weighted by atomic mass is 10.1. The molecule has 0 atom stereocenters. The van der Waals surface area contributed by atoms with Crippen LogP contribution >= 0.6 is 0 Å². The first-order valence-corrected chi connectivity index (χ1v) is 9.01. The van der Waals surface area contributed by atoms with Gasteiger partial charge in [0.2, 0.25) is 15.9 Å². The molecule has 0 saturated heterocycles. The first kappa shape index (κ1) is 20.2. The van der Waals surface area contributed by atoms with Gasteiger partial charge in [0.15, 0.2) is 0 Å². The van der Waals surface area contributed by atoms with E-state index in [2.05, 4.69) is 4.72 Å². The van der Waals surface area contributed by atoms with Crippen LogP contribution in [0.1, 0.15) is 27.7 Å². The summed E-state index contributed by atoms with van der Waals surface area (Å²) in [6.45, 7) is 7.52. The maximum Gasteiger partial charge on any atom is 0.244 e. The van der Waals surface area contributed by atoms with Gasteiger partial charge in [0.05, 0.1) is 14.2 Å². The molecule has 0 fully saturated rings. The van der Waals surface area contributed by atoms with E-state index in [1.807, 2.05) is 20.8 Å². The molecule has 136 valence electrons. The molecule has 24 heavy (non-hydrogen) atoms. The van der Waals surface area contributed by atoms with E-state index in [1.54, 1.807) is 11.0 Å². The van der Waals surface area contributed by atoms with Crippen LogP contribution in [0.5, 0.6) is 11.5 Å². The molecule has 0 aliphatic rings. The molecular formula is C16H26N2O5S. The number of amides is 1. The molecule has 0 radical (unpaired) electrons. The molecule has 0 aromatic heterocycles. The number of nitrogens with zero attached hydrogens (tertiary/aromatic N) is 1. The number of methoxy groups -OCH3 is 2. The van der Waals surface area contributed by atoms with E-state index in [9.17, 15) is 13.2 Å². The second-order valence-electron chi connectivity index (χ2n) is 6.26. The van der Waals surface area contributed by atoms with Gasteiger partial charge in [0, 0.05) is 31.6 Å². The summed E-state index contributed by atoms with van der Waals surface area (Å²) < 4.78 is 37.7. The van der Waals surface area contributed by atoms with Gasteiger partial charge < -0.3 is 14.4 Å². The van der Waals surface area contributed by atoms with Crippen molar-refractivity contribution < 1.29 is 22.7 Å². The average Bonchev–Trinajstić information content (AvgIpc) is 2.49. The third-order valence-electron chi connectivity index (χ3n) is 3.48. The van der Waals surface area contributed by atoms with Gasteiger partial charge in [-0.2, -0.15) is 0 Å². The number of nitrogens with one attached hydrogen (secondary N) is 1. The molecule has 1 aromatic carbocycles. The lowest BCUT2D eigenvalue weighted by Gasteiger charge is -2.35. The average molecular weight is 358 g/mol. The van der Waals surface area contributed by atoms with Crippen LogP contribution in [0.2, 0.25) is 0 Å². The van der Waals surface area contributed by atoms with Gasteiger partial charge in [0.25, 0.3) is 0 Å². The predicted molar refractivity (Wildman–Crippen MR) is 91.9 cm³/mol. The highest BCUT2D eigenvalue weighted by atomic mass is 32.2. The predicted octanol–water partition coefficient (Wildman–Crippen LogP) is 1.63. The Bertz CT molecular complexity index is 680. The number of ether oxygens (including phenoxy) is 2. The lowest BCUT2D eigenvalue weighted by molar-refractivity contribution is -0.133. The second-order valence-corrected chi connectivity index (χ2v) is 7.99. The second kappa shape index (κ2) is 7.85. The maximum atomic E-state index is 12.5. The van der Waals surface area contributed by atoms with Crippen molar-refractivity contribution in [3.63, 3.8) is 0 Å². The first-order chi connectivity index (χ1) is 11.0. The van der Waals surface area contributed by atoms with Crippen LogP contribution in [0.4, 0.5) is 0 Å². The number of sulfonamides is 1. The van der Waals surface area contributed by atoms with Gasteiger partial charge >= 0.3 is 0 Å². The number of carbonyl (C=O) groups is 1. The molecule has 0 saturated carbocycles. The fourth-order valence-corrected chi connectivity index (χ4v) is 3.53. The van der Waals surface area contributed by atoms with Crippen molar-refractivity contribution in [3.8, 4) is 11.5 Å². The molecule has 0 aliphatic heterocycles. The highest BCUT2D eigenvalue weighted by molar-refractivity contribution is 7.89. The summed E-state index contributed by atoms with van der Waals surface area (Å²) in [5.41, 5.74) is -0.384. The van der Waals surface area contributed by atoms with Crippen molar-refractivity contribution in [2.75, 3.05) is 27.3 Å². The maximum absolute atomic E-state index is 12.5. The van der Waals surface area contributed by atoms with Gasteiger partial charge in [-0.15, -0.1) is 0 Å². The summed E-state index contributed by atoms with van der Waals surface area (Å²) in [4.78, 5) is 13.3. The third-order valence-corrected chi connectivity index (χ3v) is 4.96. The minimum absolute atomic E-state index is 0.00511. The van der Waals surface area contributed by atoms with E-state index in [0.717, 1.165) is 0 Å². The van der Waals surface area contributed by atoms with Crippen molar-refractivity contribution in [1.82, 2.24) is 9.62 Å². The molecule has 0 spiro atoms. The van der Waals surface area contributed by atoms with Gasteiger partial charge in [0.1, 0.15) is 16.4 Å². The Morgan fingerprint density at radius 3 is 2.29 bits per heavy atom. The molecule has 1 N–H and O–H groups in total. The number of hydrogen-bond donors (Lipinski definition) is 1. The van der Waals surface area contributed by atoms with Crippen LogP contribution < -0.4 is 14.2 Å². The summed E-state index contributed by atoms with van der Waals surface area (Å²) in [7, 11) is -0.937. The van der Waals surface area contributed by atoms with E-state index in [-0.39, 0.29) is 35.2 Å². The van der Waals surface area contributed by atoms with Crippen LogP contribution in [0, 0.1) is 0 Å². The minimum atomic E-state index is -3.80. The Morgan fingerprint density at radius 2 is 1.83 bits per heavy atom. The van der Waals surface area contributed by atoms with Crippen LogP contribution in [0.25, 0.3) is 0 Å². The lowest BCUT2D eigenvalue weighted by Crippen LogP contribution is -2.48. The Morgan fingerprint density at radius 1 is 1.21 bits per heavy atom. The number of carbonyl (C=O) groups excluding carboxylic acids is 1. The molecule has 0 aliphatic carbocycles. The Labute approximate surface area is 144 Å². The SMILES string of the molecule is COc1ccc(OC)c(S(=O)(=O)NCCN(C(C)=O)C(C)(C)C)c1. The van der Waals surface area contributed by atoms with Crippen molar-refractivity contribution in [3.05, 3.63) is 18.2 Å². The van der Waals surface area contributed by atoms with Crippen LogP contribution in [-0.2, 0) is 14.8 Å². The summed E-state index contributed by atoms with van der Waals surface area (Å²) in [5, 5.41) is 0. The summed E-state index contributed by atoms with van der Waals surface area (Å²) in [6, 6.07) is 4.55. The zero-order valence-corrected chi connectivity index (χ0v) is 15.9. The number of rotatable bonds is 7. The Balaban J connectivity index is 2.93. The molecule has 0 heterocycles. The zero-order chi connectivity index (χ0) is 18.5. The monoisotopic (exact) mass is 358 g/mol. The normalized spacial score (nSPS) is 11.9. The topological polar surface area (TPSA) is 84.9 Å².